The first kappa shape index (κ1) is 34.8. The van der Waals surface area contributed by atoms with Crippen LogP contribution in [0.1, 0.15) is 40.6 Å². The van der Waals surface area contributed by atoms with Crippen LogP contribution in [0.4, 0.5) is 11.6 Å². The summed E-state index contributed by atoms with van der Waals surface area (Å²) in [6, 6.07) is 35.9. The summed E-state index contributed by atoms with van der Waals surface area (Å²) in [6.45, 7) is 3.78. The van der Waals surface area contributed by atoms with E-state index in [1.54, 1.807) is 55.0 Å². The summed E-state index contributed by atoms with van der Waals surface area (Å²) in [7, 11) is -3.98. The van der Waals surface area contributed by atoms with Gasteiger partial charge in [-0.1, -0.05) is 84.9 Å². The van der Waals surface area contributed by atoms with E-state index in [0.29, 0.717) is 23.3 Å². The van der Waals surface area contributed by atoms with Crippen LogP contribution >= 0.6 is 0 Å². The highest BCUT2D eigenvalue weighted by Gasteiger charge is 2.43. The first-order valence-electron chi connectivity index (χ1n) is 17.7. The molecule has 6 aromatic rings. The number of aliphatic hydroxyl groups excluding tert-OH is 1. The number of para-hydroxylation sites is 1. The Morgan fingerprint density at radius 3 is 2.21 bits per heavy atom. The normalized spacial score (nSPS) is 21.0. The molecule has 2 saturated heterocycles. The average Bonchev–Trinajstić information content (AvgIpc) is 3.21. The molecule has 4 heterocycles. The number of fused-ring (bicyclic) bond motifs is 1. The summed E-state index contributed by atoms with van der Waals surface area (Å²) in [5.41, 5.74) is 4.33. The van der Waals surface area contributed by atoms with Gasteiger partial charge in [0.2, 0.25) is 5.95 Å². The molecule has 0 saturated carbocycles. The Bertz CT molecular complexity index is 2250. The summed E-state index contributed by atoms with van der Waals surface area (Å²) < 4.78 is 44.1. The third kappa shape index (κ3) is 7.64. The van der Waals surface area contributed by atoms with Crippen molar-refractivity contribution in [3.63, 3.8) is 0 Å². The van der Waals surface area contributed by atoms with Gasteiger partial charge in [0, 0.05) is 73.9 Å². The van der Waals surface area contributed by atoms with E-state index in [1.807, 2.05) is 66.7 Å². The first-order valence-corrected chi connectivity index (χ1v) is 19.2. The van der Waals surface area contributed by atoms with Crippen molar-refractivity contribution in [2.45, 2.75) is 35.9 Å². The third-order valence-corrected chi connectivity index (χ3v) is 11.3. The molecular formula is C41H40N6O5S. The maximum atomic E-state index is 13.7. The van der Waals surface area contributed by atoms with Crippen LogP contribution in [-0.2, 0) is 26.1 Å². The van der Waals surface area contributed by atoms with Crippen molar-refractivity contribution in [1.29, 1.82) is 0 Å². The third-order valence-electron chi connectivity index (χ3n) is 9.91. The van der Waals surface area contributed by atoms with Crippen molar-refractivity contribution >= 4 is 32.6 Å². The summed E-state index contributed by atoms with van der Waals surface area (Å²) in [5.74, 6) is 0.568. The molecule has 0 amide bonds. The van der Waals surface area contributed by atoms with Crippen LogP contribution in [0.3, 0.4) is 0 Å². The van der Waals surface area contributed by atoms with Crippen molar-refractivity contribution in [3.05, 3.63) is 156 Å². The predicted octanol–water partition coefficient (Wildman–Crippen LogP) is 6.08. The van der Waals surface area contributed by atoms with E-state index in [9.17, 15) is 13.5 Å². The quantitative estimate of drug-likeness (QED) is 0.171. The maximum absolute atomic E-state index is 13.7. The van der Waals surface area contributed by atoms with Crippen molar-refractivity contribution in [1.82, 2.24) is 19.9 Å². The molecule has 2 aliphatic rings. The minimum atomic E-state index is -3.98. The van der Waals surface area contributed by atoms with Gasteiger partial charge in [-0.05, 0) is 47.0 Å². The van der Waals surface area contributed by atoms with E-state index in [0.717, 1.165) is 54.2 Å². The molecule has 0 radical (unpaired) electrons. The molecule has 2 fully saturated rings. The molecule has 4 unspecified atom stereocenters. The second kappa shape index (κ2) is 15.4. The molecule has 2 aromatic heterocycles. The van der Waals surface area contributed by atoms with Crippen LogP contribution in [0.15, 0.2) is 139 Å². The monoisotopic (exact) mass is 728 g/mol. The molecule has 0 aliphatic carbocycles. The molecule has 0 bridgehead atoms. The number of pyridine rings is 1. The Hall–Kier alpha value is -5.24. The number of hydrogen-bond donors (Lipinski definition) is 2. The lowest BCUT2D eigenvalue weighted by Crippen LogP contribution is -2.51. The molecule has 11 nitrogen and oxygen atoms in total. The van der Waals surface area contributed by atoms with E-state index in [1.165, 1.54) is 0 Å². The minimum Gasteiger partial charge on any atom is -0.392 e. The smallest absolute Gasteiger partial charge is 0.264 e. The number of anilines is 2. The van der Waals surface area contributed by atoms with Crippen LogP contribution in [0.2, 0.25) is 0 Å². The van der Waals surface area contributed by atoms with Gasteiger partial charge in [0.25, 0.3) is 10.0 Å². The zero-order valence-electron chi connectivity index (χ0n) is 29.0. The number of aliphatic hydroxyl groups is 1. The molecule has 2 aliphatic heterocycles. The Labute approximate surface area is 308 Å². The lowest BCUT2D eigenvalue weighted by molar-refractivity contribution is -0.263. The Balaban J connectivity index is 1.11. The highest BCUT2D eigenvalue weighted by Crippen LogP contribution is 2.47. The number of benzene rings is 4. The fourth-order valence-corrected chi connectivity index (χ4v) is 8.49. The largest absolute Gasteiger partial charge is 0.392 e. The van der Waals surface area contributed by atoms with E-state index in [4.69, 9.17) is 9.47 Å². The van der Waals surface area contributed by atoms with Gasteiger partial charge in [0.1, 0.15) is 4.90 Å². The average molecular weight is 729 g/mol. The molecule has 8 rings (SSSR count). The summed E-state index contributed by atoms with van der Waals surface area (Å²) >= 11 is 0. The SMILES string of the molecule is O=S(=O)(Nc1cccc(C2OC(CN3CCN(c4ncccn4)CC3)C(c3ccccc3)C(c3ccc(CO)cc3)O2)c1)c1cccc2cccnc12. The van der Waals surface area contributed by atoms with Crippen molar-refractivity contribution in [3.8, 4) is 0 Å². The van der Waals surface area contributed by atoms with Crippen LogP contribution < -0.4 is 9.62 Å². The molecule has 53 heavy (non-hydrogen) atoms. The molecule has 12 heteroatoms. The van der Waals surface area contributed by atoms with E-state index >= 15 is 0 Å². The van der Waals surface area contributed by atoms with E-state index in [-0.39, 0.29) is 23.5 Å². The predicted molar refractivity (Wildman–Crippen MR) is 203 cm³/mol. The van der Waals surface area contributed by atoms with Crippen LogP contribution in [0.25, 0.3) is 10.9 Å². The highest BCUT2D eigenvalue weighted by molar-refractivity contribution is 7.93. The van der Waals surface area contributed by atoms with Crippen LogP contribution in [0.5, 0.6) is 0 Å². The van der Waals surface area contributed by atoms with Gasteiger partial charge in [0.15, 0.2) is 6.29 Å². The minimum absolute atomic E-state index is 0.0557. The number of nitrogens with zero attached hydrogens (tertiary/aromatic N) is 5. The Morgan fingerprint density at radius 2 is 1.43 bits per heavy atom. The second-order valence-electron chi connectivity index (χ2n) is 13.3. The summed E-state index contributed by atoms with van der Waals surface area (Å²) in [4.78, 5) is 18.0. The highest BCUT2D eigenvalue weighted by atomic mass is 32.2. The van der Waals surface area contributed by atoms with Crippen LogP contribution in [-0.4, -0.2) is 72.2 Å². The zero-order valence-corrected chi connectivity index (χ0v) is 29.8. The molecule has 4 atom stereocenters. The zero-order chi connectivity index (χ0) is 36.2. The van der Waals surface area contributed by atoms with Crippen molar-refractivity contribution < 1.29 is 23.0 Å². The second-order valence-corrected chi connectivity index (χ2v) is 14.9. The van der Waals surface area contributed by atoms with Crippen molar-refractivity contribution in [2.24, 2.45) is 0 Å². The first-order chi connectivity index (χ1) is 25.9. The maximum Gasteiger partial charge on any atom is 0.264 e. The van der Waals surface area contributed by atoms with E-state index in [2.05, 4.69) is 41.6 Å². The number of hydrogen-bond acceptors (Lipinski definition) is 10. The number of ether oxygens (including phenoxy) is 2. The number of rotatable bonds is 10. The fraction of sp³-hybridized carbons (Fsp3) is 0.244. The lowest BCUT2D eigenvalue weighted by Gasteiger charge is -2.45. The molecular weight excluding hydrogens is 689 g/mol. The summed E-state index contributed by atoms with van der Waals surface area (Å²) in [6.07, 6.45) is 3.62. The molecule has 4 aromatic carbocycles. The number of aromatic nitrogens is 3. The summed E-state index contributed by atoms with van der Waals surface area (Å²) in [5, 5.41) is 10.5. The van der Waals surface area contributed by atoms with Gasteiger partial charge in [0.05, 0.1) is 24.3 Å². The molecule has 0 spiro atoms. The van der Waals surface area contributed by atoms with Gasteiger partial charge >= 0.3 is 0 Å². The van der Waals surface area contributed by atoms with Gasteiger partial charge in [-0.25, -0.2) is 18.4 Å². The van der Waals surface area contributed by atoms with Gasteiger partial charge in [-0.15, -0.1) is 0 Å². The van der Waals surface area contributed by atoms with Gasteiger partial charge < -0.3 is 19.5 Å². The lowest BCUT2D eigenvalue weighted by atomic mass is 9.83. The van der Waals surface area contributed by atoms with Crippen LogP contribution in [0, 0.1) is 0 Å². The van der Waals surface area contributed by atoms with Crippen molar-refractivity contribution in [2.75, 3.05) is 42.3 Å². The Morgan fingerprint density at radius 1 is 0.717 bits per heavy atom. The van der Waals surface area contributed by atoms with E-state index < -0.39 is 22.4 Å². The van der Waals surface area contributed by atoms with Gasteiger partial charge in [-0.3, -0.25) is 14.6 Å². The van der Waals surface area contributed by atoms with Gasteiger partial charge in [-0.2, -0.15) is 0 Å². The number of sulfonamides is 1. The standard InChI is InChI=1S/C41H40N6O5S/c48-28-29-15-17-32(18-16-29)39-37(30-8-2-1-3-9-30)35(27-46-22-24-47(25-23-46)41-43-20-7-21-44-41)51-40(52-39)33-11-4-13-34(26-33)45-53(49,50)36-14-5-10-31-12-6-19-42-38(31)36/h1-21,26,35,37,39-40,45,48H,22-25,27-28H2. The number of nitrogens with one attached hydrogen (secondary N) is 1. The fourth-order valence-electron chi connectivity index (χ4n) is 7.26. The number of piperazine rings is 1. The topological polar surface area (TPSA) is 130 Å². The Kier molecular flexibility index (Phi) is 10.1. The molecule has 2 N–H and O–H groups in total. The molecule has 270 valence electrons.